The van der Waals surface area contributed by atoms with Crippen LogP contribution in [0.25, 0.3) is 105 Å². The predicted octanol–water partition coefficient (Wildman–Crippen LogP) is 13.9. The van der Waals surface area contributed by atoms with Crippen molar-refractivity contribution in [3.05, 3.63) is 181 Å². The molecular weight excluding hydrogens is 703 g/mol. The topological polar surface area (TPSA) is 51.8 Å². The Morgan fingerprint density at radius 2 is 1.04 bits per heavy atom. The van der Waals surface area contributed by atoms with E-state index in [1.165, 1.54) is 48.0 Å². The molecule has 7 aromatic carbocycles. The summed E-state index contributed by atoms with van der Waals surface area (Å²) >= 11 is 1.82. The largest absolute Gasteiger partial charge is 0.460 e. The first-order valence-corrected chi connectivity index (χ1v) is 19.8. The van der Waals surface area contributed by atoms with Crippen LogP contribution in [0.2, 0.25) is 0 Å². The lowest BCUT2D eigenvalue weighted by Gasteiger charge is -2.11. The number of aromatic nitrogens is 3. The van der Waals surface area contributed by atoms with Gasteiger partial charge >= 0.3 is 0 Å². The van der Waals surface area contributed by atoms with Gasteiger partial charge in [0.1, 0.15) is 11.3 Å². The molecule has 3 heterocycles. The molecule has 56 heavy (non-hydrogen) atoms. The Morgan fingerprint density at radius 1 is 0.446 bits per heavy atom. The summed E-state index contributed by atoms with van der Waals surface area (Å²) in [5.41, 5.74) is 12.1. The molecule has 0 radical (unpaired) electrons. The van der Waals surface area contributed by atoms with E-state index in [9.17, 15) is 0 Å². The van der Waals surface area contributed by atoms with Crippen LogP contribution in [0.4, 0.5) is 0 Å². The van der Waals surface area contributed by atoms with Crippen molar-refractivity contribution in [2.75, 3.05) is 0 Å². The normalized spacial score (nSPS) is 12.4. The molecule has 0 spiro atoms. The lowest BCUT2D eigenvalue weighted by atomic mass is 9.91. The first kappa shape index (κ1) is 32.5. The maximum Gasteiger partial charge on any atom is 0.164 e. The van der Waals surface area contributed by atoms with Crippen molar-refractivity contribution in [3.8, 4) is 67.5 Å². The fourth-order valence-corrected chi connectivity index (χ4v) is 9.41. The van der Waals surface area contributed by atoms with Gasteiger partial charge in [0.05, 0.1) is 0 Å². The Labute approximate surface area is 328 Å². The fourth-order valence-electron chi connectivity index (χ4n) is 8.15. The summed E-state index contributed by atoms with van der Waals surface area (Å²) in [6, 6.07) is 57.4. The second-order valence-electron chi connectivity index (χ2n) is 14.2. The monoisotopic (exact) mass is 735 g/mol. The highest BCUT2D eigenvalue weighted by Gasteiger charge is 2.24. The van der Waals surface area contributed by atoms with E-state index in [0.29, 0.717) is 17.5 Å². The minimum Gasteiger partial charge on any atom is -0.460 e. The zero-order valence-electron chi connectivity index (χ0n) is 30.3. The van der Waals surface area contributed by atoms with E-state index in [-0.39, 0.29) is 0 Å². The molecule has 0 saturated carbocycles. The number of furan rings is 1. The molecule has 0 bridgehead atoms. The van der Waals surface area contributed by atoms with Gasteiger partial charge in [-0.2, -0.15) is 0 Å². The number of aryl methyl sites for hydroxylation is 1. The van der Waals surface area contributed by atoms with Crippen molar-refractivity contribution >= 4 is 48.6 Å². The number of hydrogen-bond donors (Lipinski definition) is 0. The second kappa shape index (κ2) is 13.4. The number of nitrogens with zero attached hydrogens (tertiary/aromatic N) is 3. The molecule has 10 aromatic rings. The standard InChI is InChI=1S/C51H33N3OS/c1-4-14-32(15-5-1)33-26-28-34(29-27-33)37-30-31-38(46-40-20-10-11-24-43(40)55-47(37)46)39-21-12-22-41-45-42(23-13-25-44(45)56-48(39)41)51-53-49(35-16-6-2-7-17-35)52-50(54-51)36-18-8-3-9-19-36/h1-10,12-23,25-31H,11,24H2. The average molecular weight is 736 g/mol. The van der Waals surface area contributed by atoms with Crippen molar-refractivity contribution < 1.29 is 4.42 Å². The molecule has 0 saturated heterocycles. The lowest BCUT2D eigenvalue weighted by molar-refractivity contribution is 0.547. The van der Waals surface area contributed by atoms with E-state index in [4.69, 9.17) is 19.4 Å². The van der Waals surface area contributed by atoms with E-state index < -0.39 is 0 Å². The Balaban J connectivity index is 1.10. The molecule has 11 rings (SSSR count). The maximum atomic E-state index is 6.83. The molecule has 264 valence electrons. The molecule has 0 fully saturated rings. The van der Waals surface area contributed by atoms with Gasteiger partial charge in [-0.1, -0.05) is 164 Å². The van der Waals surface area contributed by atoms with Gasteiger partial charge in [0.2, 0.25) is 0 Å². The van der Waals surface area contributed by atoms with Crippen LogP contribution in [0, 0.1) is 0 Å². The molecule has 5 heteroatoms. The lowest BCUT2D eigenvalue weighted by Crippen LogP contribution is -2.00. The smallest absolute Gasteiger partial charge is 0.164 e. The first-order valence-electron chi connectivity index (χ1n) is 19.0. The zero-order valence-corrected chi connectivity index (χ0v) is 31.1. The van der Waals surface area contributed by atoms with Crippen LogP contribution in [0.15, 0.2) is 174 Å². The molecule has 0 unspecified atom stereocenters. The fraction of sp³-hybridized carbons (Fsp3) is 0.0392. The van der Waals surface area contributed by atoms with Crippen LogP contribution in [0.3, 0.4) is 0 Å². The molecule has 1 aliphatic carbocycles. The summed E-state index contributed by atoms with van der Waals surface area (Å²) < 4.78 is 9.24. The van der Waals surface area contributed by atoms with Gasteiger partial charge < -0.3 is 4.42 Å². The zero-order chi connectivity index (χ0) is 37.0. The van der Waals surface area contributed by atoms with Crippen LogP contribution in [0.1, 0.15) is 17.7 Å². The summed E-state index contributed by atoms with van der Waals surface area (Å²) in [6.45, 7) is 0. The Kier molecular flexibility index (Phi) is 7.78. The highest BCUT2D eigenvalue weighted by atomic mass is 32.1. The van der Waals surface area contributed by atoms with Crippen LogP contribution in [-0.2, 0) is 6.42 Å². The van der Waals surface area contributed by atoms with Crippen LogP contribution < -0.4 is 0 Å². The molecule has 0 amide bonds. The molecule has 1 aliphatic rings. The van der Waals surface area contributed by atoms with Crippen LogP contribution >= 0.6 is 11.3 Å². The van der Waals surface area contributed by atoms with Crippen molar-refractivity contribution in [2.45, 2.75) is 12.8 Å². The summed E-state index contributed by atoms with van der Waals surface area (Å²) in [5, 5.41) is 3.50. The summed E-state index contributed by atoms with van der Waals surface area (Å²) in [6.07, 6.45) is 6.41. The van der Waals surface area contributed by atoms with Crippen molar-refractivity contribution in [3.63, 3.8) is 0 Å². The van der Waals surface area contributed by atoms with Crippen LogP contribution in [-0.4, -0.2) is 15.0 Å². The number of rotatable bonds is 6. The van der Waals surface area contributed by atoms with E-state index in [0.717, 1.165) is 57.4 Å². The van der Waals surface area contributed by atoms with E-state index in [2.05, 4.69) is 140 Å². The number of benzene rings is 7. The first-order chi connectivity index (χ1) is 27.8. The summed E-state index contributed by atoms with van der Waals surface area (Å²) in [7, 11) is 0. The molecule has 0 aliphatic heterocycles. The summed E-state index contributed by atoms with van der Waals surface area (Å²) in [4.78, 5) is 15.2. The molecule has 3 aromatic heterocycles. The van der Waals surface area contributed by atoms with Crippen molar-refractivity contribution in [1.82, 2.24) is 15.0 Å². The third kappa shape index (κ3) is 5.47. The second-order valence-corrected chi connectivity index (χ2v) is 15.2. The average Bonchev–Trinajstić information content (AvgIpc) is 3.87. The van der Waals surface area contributed by atoms with Crippen LogP contribution in [0.5, 0.6) is 0 Å². The highest BCUT2D eigenvalue weighted by Crippen LogP contribution is 2.48. The molecule has 4 nitrogen and oxygen atoms in total. The van der Waals surface area contributed by atoms with Crippen molar-refractivity contribution in [1.29, 1.82) is 0 Å². The molecule has 0 N–H and O–H groups in total. The van der Waals surface area contributed by atoms with Gasteiger partial charge in [0.15, 0.2) is 17.5 Å². The van der Waals surface area contributed by atoms with E-state index in [1.54, 1.807) is 0 Å². The number of hydrogen-bond acceptors (Lipinski definition) is 5. The highest BCUT2D eigenvalue weighted by molar-refractivity contribution is 7.26. The van der Waals surface area contributed by atoms with E-state index in [1.807, 2.05) is 47.7 Å². The van der Waals surface area contributed by atoms with Gasteiger partial charge in [-0.25, -0.2) is 15.0 Å². The number of thiophene rings is 1. The van der Waals surface area contributed by atoms with Gasteiger partial charge in [0, 0.05) is 65.4 Å². The quantitative estimate of drug-likeness (QED) is 0.171. The molecular formula is C51H33N3OS. The third-order valence-electron chi connectivity index (χ3n) is 10.8. The summed E-state index contributed by atoms with van der Waals surface area (Å²) in [5.74, 6) is 3.02. The van der Waals surface area contributed by atoms with Crippen molar-refractivity contribution in [2.24, 2.45) is 0 Å². The Bertz CT molecular complexity index is 3050. The number of allylic oxidation sites excluding steroid dienone is 1. The van der Waals surface area contributed by atoms with Gasteiger partial charge in [-0.15, -0.1) is 11.3 Å². The van der Waals surface area contributed by atoms with Gasteiger partial charge in [-0.05, 0) is 40.8 Å². The van der Waals surface area contributed by atoms with Gasteiger partial charge in [-0.3, -0.25) is 0 Å². The predicted molar refractivity (Wildman–Crippen MR) is 232 cm³/mol. The third-order valence-corrected chi connectivity index (χ3v) is 12.0. The number of fused-ring (bicyclic) bond motifs is 6. The Hall–Kier alpha value is -6.95. The Morgan fingerprint density at radius 3 is 1.75 bits per heavy atom. The minimum atomic E-state index is 0.654. The maximum absolute atomic E-state index is 6.83. The van der Waals surface area contributed by atoms with E-state index >= 15 is 0 Å². The molecule has 0 atom stereocenters. The SMILES string of the molecule is C1=Cc2c(oc3c(-c4ccc(-c5ccccc5)cc4)ccc(-c4cccc5c4sc4cccc(-c6nc(-c7ccccc7)nc(-c7ccccc7)n6)c45)c23)CC1. The van der Waals surface area contributed by atoms with Gasteiger partial charge in [0.25, 0.3) is 0 Å². The minimum absolute atomic E-state index is 0.654.